The first-order valence-corrected chi connectivity index (χ1v) is 9.95. The van der Waals surface area contributed by atoms with E-state index in [4.69, 9.17) is 0 Å². The van der Waals surface area contributed by atoms with Gasteiger partial charge in [-0.2, -0.15) is 0 Å². The van der Waals surface area contributed by atoms with Gasteiger partial charge in [0.15, 0.2) is 0 Å². The molecule has 0 aromatic heterocycles. The summed E-state index contributed by atoms with van der Waals surface area (Å²) >= 11 is 0. The number of amides is 2. The van der Waals surface area contributed by atoms with Crippen molar-refractivity contribution in [2.45, 2.75) is 70.8 Å². The summed E-state index contributed by atoms with van der Waals surface area (Å²) in [5.74, 6) is 0.927. The smallest absolute Gasteiger partial charge is 0.237 e. The van der Waals surface area contributed by atoms with Gasteiger partial charge in [0.2, 0.25) is 11.8 Å². The van der Waals surface area contributed by atoms with E-state index in [1.807, 2.05) is 0 Å². The van der Waals surface area contributed by atoms with Crippen LogP contribution in [-0.2, 0) is 9.59 Å². The van der Waals surface area contributed by atoms with Crippen LogP contribution < -0.4 is 10.6 Å². The van der Waals surface area contributed by atoms with Crippen LogP contribution >= 0.6 is 12.4 Å². The largest absolute Gasteiger partial charge is 0.354 e. The molecule has 2 aliphatic heterocycles. The summed E-state index contributed by atoms with van der Waals surface area (Å²) in [6, 6.07) is -0.00632. The first kappa shape index (κ1) is 20.5. The topological polar surface area (TPSA) is 61.4 Å². The van der Waals surface area contributed by atoms with Gasteiger partial charge in [0.1, 0.15) is 0 Å². The number of rotatable bonds is 5. The number of nitrogens with zero attached hydrogens (tertiary/aromatic N) is 1. The minimum atomic E-state index is -0.0844. The molecule has 0 aromatic carbocycles. The predicted octanol–water partition coefficient (Wildman–Crippen LogP) is 2.49. The van der Waals surface area contributed by atoms with Crippen molar-refractivity contribution in [1.29, 1.82) is 0 Å². The number of nitrogens with one attached hydrogen (secondary N) is 2. The van der Waals surface area contributed by atoms with Gasteiger partial charge in [-0.3, -0.25) is 9.59 Å². The highest BCUT2D eigenvalue weighted by molar-refractivity contribution is 5.85. The van der Waals surface area contributed by atoms with Crippen molar-refractivity contribution in [3.63, 3.8) is 0 Å². The lowest BCUT2D eigenvalue weighted by Gasteiger charge is -2.39. The fraction of sp³-hybridized carbons (Fsp3) is 0.895. The number of carbonyl (C=O) groups excluding carboxylic acids is 2. The maximum Gasteiger partial charge on any atom is 0.237 e. The second kappa shape index (κ2) is 9.22. The summed E-state index contributed by atoms with van der Waals surface area (Å²) < 4.78 is 0. The molecule has 3 aliphatic rings. The molecule has 0 spiro atoms. The predicted molar refractivity (Wildman–Crippen MR) is 102 cm³/mol. The zero-order chi connectivity index (χ0) is 17.0. The van der Waals surface area contributed by atoms with E-state index in [0.29, 0.717) is 18.4 Å². The van der Waals surface area contributed by atoms with Gasteiger partial charge in [0.25, 0.3) is 0 Å². The minimum Gasteiger partial charge on any atom is -0.354 e. The molecule has 6 heteroatoms. The third kappa shape index (κ3) is 4.68. The van der Waals surface area contributed by atoms with Crippen LogP contribution in [0.4, 0.5) is 0 Å². The number of likely N-dealkylation sites (tertiary alicyclic amines) is 1. The standard InChI is InChI=1S/C19H33N3O2.ClH/c1-2-19(9-3-4-10-19)18(24)22-12-6-7-15(14-22)13-21-17(23)16-8-5-11-20-16;/h15-16,20H,2-14H2,1H3,(H,21,23);1H. The van der Waals surface area contributed by atoms with E-state index >= 15 is 0 Å². The molecule has 0 bridgehead atoms. The molecule has 3 rings (SSSR count). The number of halogens is 1. The molecule has 2 unspecified atom stereocenters. The van der Waals surface area contributed by atoms with Crippen LogP contribution in [0.3, 0.4) is 0 Å². The zero-order valence-corrected chi connectivity index (χ0v) is 16.3. The Bertz CT molecular complexity index is 460. The van der Waals surface area contributed by atoms with E-state index in [-0.39, 0.29) is 29.8 Å². The average Bonchev–Trinajstić information content (AvgIpc) is 3.31. The third-order valence-electron chi connectivity index (χ3n) is 6.44. The van der Waals surface area contributed by atoms with Crippen molar-refractivity contribution >= 4 is 24.2 Å². The highest BCUT2D eigenvalue weighted by Crippen LogP contribution is 2.43. The molecule has 2 N–H and O–H groups in total. The normalized spacial score (nSPS) is 28.4. The van der Waals surface area contributed by atoms with Crippen molar-refractivity contribution in [2.75, 3.05) is 26.2 Å². The lowest BCUT2D eigenvalue weighted by Crippen LogP contribution is -2.50. The number of carbonyl (C=O) groups is 2. The van der Waals surface area contributed by atoms with Crippen LogP contribution in [0.15, 0.2) is 0 Å². The van der Waals surface area contributed by atoms with Crippen LogP contribution in [0, 0.1) is 11.3 Å². The van der Waals surface area contributed by atoms with Crippen molar-refractivity contribution in [2.24, 2.45) is 11.3 Å². The fourth-order valence-electron chi connectivity index (χ4n) is 4.80. The van der Waals surface area contributed by atoms with E-state index in [0.717, 1.165) is 64.6 Å². The molecule has 5 nitrogen and oxygen atoms in total. The van der Waals surface area contributed by atoms with Gasteiger partial charge in [-0.15, -0.1) is 12.4 Å². The second-order valence-corrected chi connectivity index (χ2v) is 7.99. The molecular formula is C19H34ClN3O2. The van der Waals surface area contributed by atoms with Crippen LogP contribution in [-0.4, -0.2) is 48.9 Å². The van der Waals surface area contributed by atoms with Gasteiger partial charge in [0, 0.05) is 25.0 Å². The van der Waals surface area contributed by atoms with E-state index in [9.17, 15) is 9.59 Å². The highest BCUT2D eigenvalue weighted by atomic mass is 35.5. The quantitative estimate of drug-likeness (QED) is 0.780. The van der Waals surface area contributed by atoms with Crippen LogP contribution in [0.1, 0.15) is 64.7 Å². The van der Waals surface area contributed by atoms with Gasteiger partial charge in [0.05, 0.1) is 6.04 Å². The molecule has 25 heavy (non-hydrogen) atoms. The van der Waals surface area contributed by atoms with Crippen molar-refractivity contribution < 1.29 is 9.59 Å². The maximum atomic E-state index is 13.1. The van der Waals surface area contributed by atoms with Gasteiger partial charge in [-0.1, -0.05) is 19.8 Å². The molecular weight excluding hydrogens is 338 g/mol. The molecule has 144 valence electrons. The summed E-state index contributed by atoms with van der Waals surface area (Å²) in [6.07, 6.45) is 9.69. The molecule has 1 aliphatic carbocycles. The van der Waals surface area contributed by atoms with E-state index in [2.05, 4.69) is 22.5 Å². The minimum absolute atomic E-state index is 0. The average molecular weight is 372 g/mol. The SMILES string of the molecule is CCC1(C(=O)N2CCCC(CNC(=O)C3CCCN3)C2)CCCC1.Cl. The molecule has 2 amide bonds. The Morgan fingerprint density at radius 2 is 1.92 bits per heavy atom. The molecule has 2 heterocycles. The lowest BCUT2D eigenvalue weighted by atomic mass is 9.81. The Labute approximate surface area is 158 Å². The molecule has 2 saturated heterocycles. The molecule has 3 fully saturated rings. The Morgan fingerprint density at radius 3 is 2.56 bits per heavy atom. The van der Waals surface area contributed by atoms with E-state index in [1.165, 1.54) is 12.8 Å². The van der Waals surface area contributed by atoms with Crippen molar-refractivity contribution in [3.05, 3.63) is 0 Å². The molecule has 0 aromatic rings. The first-order valence-electron chi connectivity index (χ1n) is 9.95. The lowest BCUT2D eigenvalue weighted by molar-refractivity contribution is -0.144. The highest BCUT2D eigenvalue weighted by Gasteiger charge is 2.42. The number of hydrogen-bond donors (Lipinski definition) is 2. The monoisotopic (exact) mass is 371 g/mol. The molecule has 0 radical (unpaired) electrons. The van der Waals surface area contributed by atoms with E-state index < -0.39 is 0 Å². The van der Waals surface area contributed by atoms with Gasteiger partial charge in [-0.05, 0) is 57.4 Å². The maximum absolute atomic E-state index is 13.1. The van der Waals surface area contributed by atoms with Gasteiger partial charge >= 0.3 is 0 Å². The molecule has 2 atom stereocenters. The fourth-order valence-corrected chi connectivity index (χ4v) is 4.80. The summed E-state index contributed by atoms with van der Waals surface area (Å²) in [7, 11) is 0. The first-order chi connectivity index (χ1) is 11.6. The van der Waals surface area contributed by atoms with Crippen molar-refractivity contribution in [3.8, 4) is 0 Å². The van der Waals surface area contributed by atoms with Gasteiger partial charge < -0.3 is 15.5 Å². The number of hydrogen-bond acceptors (Lipinski definition) is 3. The Morgan fingerprint density at radius 1 is 1.16 bits per heavy atom. The summed E-state index contributed by atoms with van der Waals surface area (Å²) in [6.45, 7) is 5.54. The van der Waals surface area contributed by atoms with E-state index in [1.54, 1.807) is 0 Å². The van der Waals surface area contributed by atoms with Crippen molar-refractivity contribution in [1.82, 2.24) is 15.5 Å². The van der Waals surface area contributed by atoms with Gasteiger partial charge in [-0.25, -0.2) is 0 Å². The third-order valence-corrected chi connectivity index (χ3v) is 6.44. The summed E-state index contributed by atoms with van der Waals surface area (Å²) in [5, 5.41) is 6.35. The van der Waals surface area contributed by atoms with Crippen LogP contribution in [0.2, 0.25) is 0 Å². The Kier molecular flexibility index (Phi) is 7.56. The summed E-state index contributed by atoms with van der Waals surface area (Å²) in [5.41, 5.74) is -0.0844. The van der Waals surface area contributed by atoms with Crippen LogP contribution in [0.5, 0.6) is 0 Å². The number of piperidine rings is 1. The Hall–Kier alpha value is -0.810. The summed E-state index contributed by atoms with van der Waals surface area (Å²) in [4.78, 5) is 27.3. The zero-order valence-electron chi connectivity index (χ0n) is 15.5. The molecule has 1 saturated carbocycles. The second-order valence-electron chi connectivity index (χ2n) is 7.99. The van der Waals surface area contributed by atoms with Crippen LogP contribution in [0.25, 0.3) is 0 Å². The Balaban J connectivity index is 0.00000225.